The summed E-state index contributed by atoms with van der Waals surface area (Å²) in [4.78, 5) is 0. The molecule has 0 bridgehead atoms. The summed E-state index contributed by atoms with van der Waals surface area (Å²) in [5.74, 6) is 1.10. The highest BCUT2D eigenvalue weighted by Crippen LogP contribution is 2.35. The number of benzene rings is 1. The van der Waals surface area contributed by atoms with Crippen LogP contribution in [0.1, 0.15) is 0 Å². The lowest BCUT2D eigenvalue weighted by Crippen LogP contribution is -2.04. The molecule has 0 saturated carbocycles. The molecule has 1 aromatic carbocycles. The number of hydrogen-bond acceptors (Lipinski definition) is 3. The zero-order valence-corrected chi connectivity index (χ0v) is 9.40. The average Bonchev–Trinajstić information content (AvgIpc) is 2.26. The molecule has 1 rings (SSSR count). The van der Waals surface area contributed by atoms with Crippen LogP contribution in [0.4, 0.5) is 10.1 Å². The second-order valence-electron chi connectivity index (χ2n) is 2.80. The Bertz CT molecular complexity index is 333. The lowest BCUT2D eigenvalue weighted by molar-refractivity contribution is 0.395. The number of ether oxygens (including phenoxy) is 2. The summed E-state index contributed by atoms with van der Waals surface area (Å²) in [6.45, 7) is -0.230. The number of rotatable bonds is 5. The number of hydrogen-bond donors (Lipinski definition) is 1. The van der Waals surface area contributed by atoms with Gasteiger partial charge in [0.1, 0.15) is 18.2 Å². The molecule has 15 heavy (non-hydrogen) atoms. The molecular weight excluding hydrogens is 221 g/mol. The summed E-state index contributed by atoms with van der Waals surface area (Å²) >= 11 is 5.92. The summed E-state index contributed by atoms with van der Waals surface area (Å²) in [6.07, 6.45) is 0. The molecule has 0 aliphatic heterocycles. The van der Waals surface area contributed by atoms with Gasteiger partial charge in [-0.15, -0.1) is 0 Å². The van der Waals surface area contributed by atoms with Crippen molar-refractivity contribution in [1.29, 1.82) is 0 Å². The summed E-state index contributed by atoms with van der Waals surface area (Å²) in [5, 5.41) is 3.32. The SMILES string of the molecule is COc1cc(OC)c(NCCF)cc1Cl. The maximum Gasteiger partial charge on any atom is 0.145 e. The Labute approximate surface area is 93.1 Å². The highest BCUT2D eigenvalue weighted by molar-refractivity contribution is 6.32. The van der Waals surface area contributed by atoms with Crippen LogP contribution in [0, 0.1) is 0 Å². The van der Waals surface area contributed by atoms with Crippen LogP contribution < -0.4 is 14.8 Å². The van der Waals surface area contributed by atoms with Gasteiger partial charge in [-0.05, 0) is 6.07 Å². The molecule has 1 N–H and O–H groups in total. The van der Waals surface area contributed by atoms with Gasteiger partial charge >= 0.3 is 0 Å². The highest BCUT2D eigenvalue weighted by atomic mass is 35.5. The van der Waals surface area contributed by atoms with E-state index in [0.717, 1.165) is 0 Å². The Morgan fingerprint density at radius 1 is 1.27 bits per heavy atom. The predicted molar refractivity (Wildman–Crippen MR) is 59.0 cm³/mol. The molecule has 0 unspecified atom stereocenters. The fraction of sp³-hybridized carbons (Fsp3) is 0.400. The number of anilines is 1. The van der Waals surface area contributed by atoms with Crippen LogP contribution in [0.3, 0.4) is 0 Å². The van der Waals surface area contributed by atoms with E-state index in [4.69, 9.17) is 21.1 Å². The Morgan fingerprint density at radius 2 is 1.93 bits per heavy atom. The topological polar surface area (TPSA) is 30.5 Å². The molecule has 1 aromatic rings. The monoisotopic (exact) mass is 233 g/mol. The van der Waals surface area contributed by atoms with Gasteiger partial charge in [-0.3, -0.25) is 0 Å². The van der Waals surface area contributed by atoms with E-state index in [0.29, 0.717) is 22.2 Å². The predicted octanol–water partition coefficient (Wildman–Crippen LogP) is 2.74. The van der Waals surface area contributed by atoms with E-state index in [9.17, 15) is 4.39 Å². The van der Waals surface area contributed by atoms with Crippen molar-refractivity contribution in [3.05, 3.63) is 17.2 Å². The van der Waals surface area contributed by atoms with E-state index in [1.54, 1.807) is 12.1 Å². The molecule has 5 heteroatoms. The Kier molecular flexibility index (Phi) is 4.49. The van der Waals surface area contributed by atoms with E-state index < -0.39 is 6.67 Å². The molecule has 0 aromatic heterocycles. The minimum atomic E-state index is -0.452. The molecule has 0 amide bonds. The highest BCUT2D eigenvalue weighted by Gasteiger charge is 2.08. The van der Waals surface area contributed by atoms with Crippen LogP contribution in [-0.4, -0.2) is 27.4 Å². The minimum Gasteiger partial charge on any atom is -0.495 e. The molecule has 0 aliphatic carbocycles. The third-order valence-electron chi connectivity index (χ3n) is 1.88. The maximum atomic E-state index is 12.0. The summed E-state index contributed by atoms with van der Waals surface area (Å²) in [7, 11) is 3.05. The molecule has 0 aliphatic rings. The summed E-state index contributed by atoms with van der Waals surface area (Å²) < 4.78 is 22.1. The third-order valence-corrected chi connectivity index (χ3v) is 2.18. The van der Waals surface area contributed by atoms with Crippen molar-refractivity contribution in [3.63, 3.8) is 0 Å². The zero-order chi connectivity index (χ0) is 11.3. The largest absolute Gasteiger partial charge is 0.495 e. The first-order chi connectivity index (χ1) is 7.22. The fourth-order valence-corrected chi connectivity index (χ4v) is 1.42. The minimum absolute atomic E-state index is 0.221. The van der Waals surface area contributed by atoms with Crippen molar-refractivity contribution in [2.75, 3.05) is 32.8 Å². The van der Waals surface area contributed by atoms with Crippen LogP contribution in [-0.2, 0) is 0 Å². The first-order valence-electron chi connectivity index (χ1n) is 4.44. The van der Waals surface area contributed by atoms with Crippen molar-refractivity contribution >= 4 is 17.3 Å². The van der Waals surface area contributed by atoms with Crippen molar-refractivity contribution in [2.24, 2.45) is 0 Å². The van der Waals surface area contributed by atoms with Gasteiger partial charge in [-0.25, -0.2) is 4.39 Å². The summed E-state index contributed by atoms with van der Waals surface area (Å²) in [6, 6.07) is 3.30. The number of methoxy groups -OCH3 is 2. The van der Waals surface area contributed by atoms with Crippen LogP contribution in [0.15, 0.2) is 12.1 Å². The summed E-state index contributed by atoms with van der Waals surface area (Å²) in [5.41, 5.74) is 0.654. The Hall–Kier alpha value is -1.16. The quantitative estimate of drug-likeness (QED) is 0.848. The lowest BCUT2D eigenvalue weighted by atomic mass is 10.2. The first-order valence-corrected chi connectivity index (χ1v) is 4.82. The third kappa shape index (κ3) is 2.89. The fourth-order valence-electron chi connectivity index (χ4n) is 1.18. The van der Waals surface area contributed by atoms with Gasteiger partial charge in [0.25, 0.3) is 0 Å². The zero-order valence-electron chi connectivity index (χ0n) is 8.64. The smallest absolute Gasteiger partial charge is 0.145 e. The van der Waals surface area contributed by atoms with E-state index in [-0.39, 0.29) is 6.54 Å². The van der Waals surface area contributed by atoms with E-state index in [2.05, 4.69) is 5.32 Å². The number of alkyl halides is 1. The van der Waals surface area contributed by atoms with Gasteiger partial charge in [-0.2, -0.15) is 0 Å². The van der Waals surface area contributed by atoms with Gasteiger partial charge in [0, 0.05) is 12.6 Å². The first kappa shape index (κ1) is 11.9. The van der Waals surface area contributed by atoms with Crippen molar-refractivity contribution in [3.8, 4) is 11.5 Å². The van der Waals surface area contributed by atoms with Crippen LogP contribution in [0.5, 0.6) is 11.5 Å². The maximum absolute atomic E-state index is 12.0. The van der Waals surface area contributed by atoms with Gasteiger partial charge < -0.3 is 14.8 Å². The van der Waals surface area contributed by atoms with Gasteiger partial charge in [0.2, 0.25) is 0 Å². The number of halogens is 2. The lowest BCUT2D eigenvalue weighted by Gasteiger charge is -2.12. The van der Waals surface area contributed by atoms with Crippen LogP contribution in [0.25, 0.3) is 0 Å². The standard InChI is InChI=1S/C10H13ClFNO2/c1-14-9-6-10(15-2)8(5-7(9)11)13-4-3-12/h5-6,13H,3-4H2,1-2H3. The number of nitrogens with one attached hydrogen (secondary N) is 1. The van der Waals surface area contributed by atoms with Gasteiger partial charge in [0.05, 0.1) is 24.9 Å². The molecule has 0 fully saturated rings. The molecule has 0 saturated heterocycles. The van der Waals surface area contributed by atoms with Crippen molar-refractivity contribution in [2.45, 2.75) is 0 Å². The molecule has 0 heterocycles. The molecule has 0 atom stereocenters. The molecule has 0 radical (unpaired) electrons. The van der Waals surface area contributed by atoms with Gasteiger partial charge in [-0.1, -0.05) is 11.6 Å². The molecule has 3 nitrogen and oxygen atoms in total. The van der Waals surface area contributed by atoms with Crippen molar-refractivity contribution in [1.82, 2.24) is 0 Å². The second-order valence-corrected chi connectivity index (χ2v) is 3.21. The van der Waals surface area contributed by atoms with Crippen LogP contribution >= 0.6 is 11.6 Å². The normalized spacial score (nSPS) is 9.87. The van der Waals surface area contributed by atoms with E-state index in [1.807, 2.05) is 0 Å². The Balaban J connectivity index is 2.98. The van der Waals surface area contributed by atoms with Crippen molar-refractivity contribution < 1.29 is 13.9 Å². The van der Waals surface area contributed by atoms with Gasteiger partial charge in [0.15, 0.2) is 0 Å². The van der Waals surface area contributed by atoms with E-state index in [1.165, 1.54) is 14.2 Å². The molecule has 84 valence electrons. The molecule has 0 spiro atoms. The molecular formula is C10H13ClFNO2. The second kappa shape index (κ2) is 5.66. The Morgan fingerprint density at radius 3 is 2.47 bits per heavy atom. The van der Waals surface area contributed by atoms with E-state index >= 15 is 0 Å². The average molecular weight is 234 g/mol. The van der Waals surface area contributed by atoms with Crippen LogP contribution in [0.2, 0.25) is 5.02 Å².